The number of hydrogen-bond acceptors (Lipinski definition) is 3. The molecule has 6 heteroatoms. The number of aromatic carboxylic acids is 1. The first-order chi connectivity index (χ1) is 7.04. The Morgan fingerprint density at radius 1 is 1.60 bits per heavy atom. The van der Waals surface area contributed by atoms with Crippen LogP contribution in [-0.4, -0.2) is 28.7 Å². The summed E-state index contributed by atoms with van der Waals surface area (Å²) in [6.45, 7) is 0.292. The molecule has 1 rings (SSSR count). The fourth-order valence-electron chi connectivity index (χ4n) is 1.15. The first kappa shape index (κ1) is 11.8. The highest BCUT2D eigenvalue weighted by atomic mass is 79.9. The van der Waals surface area contributed by atoms with Crippen LogP contribution in [0.2, 0.25) is 0 Å². The molecule has 0 radical (unpaired) electrons. The molecule has 5 nitrogen and oxygen atoms in total. The van der Waals surface area contributed by atoms with Crippen LogP contribution in [0.3, 0.4) is 0 Å². The minimum absolute atomic E-state index is 0.144. The van der Waals surface area contributed by atoms with Crippen molar-refractivity contribution in [1.82, 2.24) is 4.57 Å². The van der Waals surface area contributed by atoms with Crippen molar-refractivity contribution >= 4 is 27.9 Å². The minimum Gasteiger partial charge on any atom is -0.477 e. The quantitative estimate of drug-likeness (QED) is 0.846. The standard InChI is InChI=1S/C9H10BrNO4/c1-15-8(12)2-3-11-5-6(10)4-7(11)9(13)14/h4-5H,2-3H2,1H3,(H,13,14). The highest BCUT2D eigenvalue weighted by molar-refractivity contribution is 9.10. The topological polar surface area (TPSA) is 68.5 Å². The maximum atomic E-state index is 10.9. The molecule has 15 heavy (non-hydrogen) atoms. The van der Waals surface area contributed by atoms with Gasteiger partial charge in [0.15, 0.2) is 0 Å². The van der Waals surface area contributed by atoms with Crippen LogP contribution in [0, 0.1) is 0 Å². The fraction of sp³-hybridized carbons (Fsp3) is 0.333. The largest absolute Gasteiger partial charge is 0.477 e. The number of carboxylic acids is 1. The number of aryl methyl sites for hydroxylation is 1. The van der Waals surface area contributed by atoms with E-state index in [0.29, 0.717) is 11.0 Å². The Labute approximate surface area is 94.8 Å². The summed E-state index contributed by atoms with van der Waals surface area (Å²) in [6, 6.07) is 1.49. The molecule has 0 unspecified atom stereocenters. The summed E-state index contributed by atoms with van der Waals surface area (Å²) in [4.78, 5) is 21.7. The highest BCUT2D eigenvalue weighted by Crippen LogP contribution is 2.15. The molecule has 0 aromatic carbocycles. The van der Waals surface area contributed by atoms with Gasteiger partial charge in [-0.2, -0.15) is 0 Å². The van der Waals surface area contributed by atoms with Gasteiger partial charge in [0.1, 0.15) is 5.69 Å². The summed E-state index contributed by atoms with van der Waals surface area (Å²) in [6.07, 6.45) is 1.77. The molecule has 82 valence electrons. The van der Waals surface area contributed by atoms with E-state index in [4.69, 9.17) is 5.11 Å². The van der Waals surface area contributed by atoms with Crippen molar-refractivity contribution < 1.29 is 19.4 Å². The second kappa shape index (κ2) is 4.97. The smallest absolute Gasteiger partial charge is 0.352 e. The van der Waals surface area contributed by atoms with Gasteiger partial charge >= 0.3 is 11.9 Å². The molecular formula is C9H10BrNO4. The Morgan fingerprint density at radius 3 is 2.80 bits per heavy atom. The summed E-state index contributed by atoms with van der Waals surface area (Å²) in [5, 5.41) is 8.84. The van der Waals surface area contributed by atoms with Crippen LogP contribution in [0.1, 0.15) is 16.9 Å². The number of halogens is 1. The number of carboxylic acid groups (broad SMARTS) is 1. The molecule has 0 saturated carbocycles. The van der Waals surface area contributed by atoms with Gasteiger partial charge in [0.2, 0.25) is 0 Å². The van der Waals surface area contributed by atoms with Crippen molar-refractivity contribution in [2.45, 2.75) is 13.0 Å². The number of methoxy groups -OCH3 is 1. The molecule has 1 N–H and O–H groups in total. The second-order valence-corrected chi connectivity index (χ2v) is 3.78. The van der Waals surface area contributed by atoms with Gasteiger partial charge in [-0.3, -0.25) is 4.79 Å². The zero-order valence-corrected chi connectivity index (χ0v) is 9.65. The monoisotopic (exact) mass is 275 g/mol. The third kappa shape index (κ3) is 3.09. The lowest BCUT2D eigenvalue weighted by Gasteiger charge is -2.04. The third-order valence-corrected chi connectivity index (χ3v) is 2.30. The molecule has 0 aliphatic heterocycles. The Bertz CT molecular complexity index is 385. The number of carbonyl (C=O) groups is 2. The Balaban J connectivity index is 2.75. The third-order valence-electron chi connectivity index (χ3n) is 1.87. The fourth-order valence-corrected chi connectivity index (χ4v) is 1.62. The van der Waals surface area contributed by atoms with Crippen LogP contribution in [-0.2, 0) is 16.1 Å². The van der Waals surface area contributed by atoms with E-state index in [1.807, 2.05) is 0 Å². The van der Waals surface area contributed by atoms with Gasteiger partial charge in [0.05, 0.1) is 13.5 Å². The van der Waals surface area contributed by atoms with Crippen LogP contribution < -0.4 is 0 Å². The SMILES string of the molecule is COC(=O)CCn1cc(Br)cc1C(=O)O. The maximum Gasteiger partial charge on any atom is 0.352 e. The maximum absolute atomic E-state index is 10.9. The van der Waals surface area contributed by atoms with E-state index >= 15 is 0 Å². The van der Waals surface area contributed by atoms with Gasteiger partial charge in [0.25, 0.3) is 0 Å². The predicted octanol–water partition coefficient (Wildman–Crippen LogP) is 1.51. The van der Waals surface area contributed by atoms with E-state index in [9.17, 15) is 9.59 Å². The number of ether oxygens (including phenoxy) is 1. The number of hydrogen-bond donors (Lipinski definition) is 1. The lowest BCUT2D eigenvalue weighted by Crippen LogP contribution is -2.11. The summed E-state index contributed by atoms with van der Waals surface area (Å²) in [5.74, 6) is -1.39. The number of esters is 1. The van der Waals surface area contributed by atoms with Crippen molar-refractivity contribution in [3.05, 3.63) is 22.4 Å². The van der Waals surface area contributed by atoms with Crippen molar-refractivity contribution in [2.75, 3.05) is 7.11 Å². The zero-order chi connectivity index (χ0) is 11.4. The van der Waals surface area contributed by atoms with E-state index in [1.165, 1.54) is 17.7 Å². The van der Waals surface area contributed by atoms with Gasteiger partial charge in [-0.25, -0.2) is 4.79 Å². The summed E-state index contributed by atoms with van der Waals surface area (Å²) in [7, 11) is 1.30. The van der Waals surface area contributed by atoms with E-state index in [-0.39, 0.29) is 18.1 Å². The summed E-state index contributed by atoms with van der Waals surface area (Å²) < 4.78 is 6.63. The minimum atomic E-state index is -1.02. The first-order valence-corrected chi connectivity index (χ1v) is 4.99. The van der Waals surface area contributed by atoms with Crippen molar-refractivity contribution in [3.8, 4) is 0 Å². The second-order valence-electron chi connectivity index (χ2n) is 2.87. The zero-order valence-electron chi connectivity index (χ0n) is 8.07. The summed E-state index contributed by atoms with van der Waals surface area (Å²) >= 11 is 3.18. The Kier molecular flexibility index (Phi) is 3.90. The van der Waals surface area contributed by atoms with Crippen LogP contribution in [0.15, 0.2) is 16.7 Å². The van der Waals surface area contributed by atoms with Crippen LogP contribution >= 0.6 is 15.9 Å². The Morgan fingerprint density at radius 2 is 2.27 bits per heavy atom. The van der Waals surface area contributed by atoms with Gasteiger partial charge in [-0.05, 0) is 22.0 Å². The molecule has 0 bridgehead atoms. The molecule has 0 aliphatic rings. The molecule has 0 aliphatic carbocycles. The molecule has 1 aromatic rings. The van der Waals surface area contributed by atoms with Gasteiger partial charge in [-0.15, -0.1) is 0 Å². The van der Waals surface area contributed by atoms with Crippen molar-refractivity contribution in [3.63, 3.8) is 0 Å². The summed E-state index contributed by atoms with van der Waals surface area (Å²) in [5.41, 5.74) is 0.144. The lowest BCUT2D eigenvalue weighted by atomic mass is 10.4. The molecule has 0 saturated heterocycles. The number of aromatic nitrogens is 1. The number of nitrogens with zero attached hydrogens (tertiary/aromatic N) is 1. The van der Waals surface area contributed by atoms with Crippen LogP contribution in [0.4, 0.5) is 0 Å². The molecule has 0 spiro atoms. The van der Waals surface area contributed by atoms with E-state index < -0.39 is 5.97 Å². The van der Waals surface area contributed by atoms with Gasteiger partial charge < -0.3 is 14.4 Å². The van der Waals surface area contributed by atoms with Crippen LogP contribution in [0.25, 0.3) is 0 Å². The molecule has 1 aromatic heterocycles. The highest BCUT2D eigenvalue weighted by Gasteiger charge is 2.12. The molecular weight excluding hydrogens is 266 g/mol. The lowest BCUT2D eigenvalue weighted by molar-refractivity contribution is -0.140. The van der Waals surface area contributed by atoms with E-state index in [2.05, 4.69) is 20.7 Å². The molecule has 0 amide bonds. The van der Waals surface area contributed by atoms with Crippen molar-refractivity contribution in [2.24, 2.45) is 0 Å². The Hall–Kier alpha value is -1.30. The van der Waals surface area contributed by atoms with Gasteiger partial charge in [0, 0.05) is 17.2 Å². The van der Waals surface area contributed by atoms with Crippen molar-refractivity contribution in [1.29, 1.82) is 0 Å². The van der Waals surface area contributed by atoms with E-state index in [1.54, 1.807) is 6.20 Å². The molecule has 0 atom stereocenters. The molecule has 1 heterocycles. The van der Waals surface area contributed by atoms with Gasteiger partial charge in [-0.1, -0.05) is 0 Å². The predicted molar refractivity (Wildman–Crippen MR) is 55.7 cm³/mol. The van der Waals surface area contributed by atoms with E-state index in [0.717, 1.165) is 0 Å². The first-order valence-electron chi connectivity index (χ1n) is 4.20. The average molecular weight is 276 g/mol. The molecule has 0 fully saturated rings. The van der Waals surface area contributed by atoms with Crippen LogP contribution in [0.5, 0.6) is 0 Å². The number of carbonyl (C=O) groups excluding carboxylic acids is 1. The number of rotatable bonds is 4. The normalized spacial score (nSPS) is 10.0. The average Bonchev–Trinajstić information content (AvgIpc) is 2.56.